The fourth-order valence-corrected chi connectivity index (χ4v) is 4.32. The van der Waals surface area contributed by atoms with E-state index < -0.39 is 17.7 Å². The number of rotatable bonds is 9. The van der Waals surface area contributed by atoms with Crippen LogP contribution in [0, 0.1) is 13.8 Å². The maximum atomic E-state index is 13.2. The lowest BCUT2D eigenvalue weighted by Crippen LogP contribution is -2.32. The van der Waals surface area contributed by atoms with Crippen LogP contribution in [0.4, 0.5) is 0 Å². The van der Waals surface area contributed by atoms with Gasteiger partial charge >= 0.3 is 0 Å². The number of hydrogen-bond acceptors (Lipinski definition) is 7. The molecule has 1 fully saturated rings. The summed E-state index contributed by atoms with van der Waals surface area (Å²) in [5.74, 6) is -0.333. The average Bonchev–Trinajstić information content (AvgIpc) is 3.07. The Bertz CT molecular complexity index is 1120. The van der Waals surface area contributed by atoms with Crippen molar-refractivity contribution >= 4 is 17.4 Å². The van der Waals surface area contributed by atoms with Gasteiger partial charge < -0.3 is 29.0 Å². The van der Waals surface area contributed by atoms with Gasteiger partial charge in [-0.15, -0.1) is 0 Å². The first-order valence-corrected chi connectivity index (χ1v) is 11.0. The van der Waals surface area contributed by atoms with Crippen molar-refractivity contribution in [1.82, 2.24) is 4.90 Å². The molecule has 1 N–H and O–H groups in total. The van der Waals surface area contributed by atoms with Crippen LogP contribution in [-0.2, 0) is 14.3 Å². The predicted octanol–water partition coefficient (Wildman–Crippen LogP) is 3.79. The first-order chi connectivity index (χ1) is 16.3. The molecule has 8 nitrogen and oxygen atoms in total. The zero-order chi connectivity index (χ0) is 25.0. The number of likely N-dealkylation sites (tertiary alicyclic amines) is 1. The second-order valence-electron chi connectivity index (χ2n) is 7.99. The largest absolute Gasteiger partial charge is 0.507 e. The summed E-state index contributed by atoms with van der Waals surface area (Å²) in [7, 11) is 4.54. The molecule has 0 spiro atoms. The van der Waals surface area contributed by atoms with E-state index in [1.54, 1.807) is 24.3 Å². The number of aliphatic hydroxyl groups excluding tert-OH is 1. The number of aliphatic hydroxyl groups is 1. The van der Waals surface area contributed by atoms with Crippen molar-refractivity contribution in [2.45, 2.75) is 26.8 Å². The third kappa shape index (κ3) is 4.59. The Morgan fingerprint density at radius 2 is 1.76 bits per heavy atom. The molecule has 1 saturated heterocycles. The van der Waals surface area contributed by atoms with Gasteiger partial charge in [0.1, 0.15) is 11.5 Å². The number of carbonyl (C=O) groups excluding carboxylic acids is 2. The minimum Gasteiger partial charge on any atom is -0.507 e. The highest BCUT2D eigenvalue weighted by Gasteiger charge is 2.46. The highest BCUT2D eigenvalue weighted by Crippen LogP contribution is 2.43. The Kier molecular flexibility index (Phi) is 7.83. The fraction of sp³-hybridized carbons (Fsp3) is 0.385. The molecular weight excluding hydrogens is 438 g/mol. The van der Waals surface area contributed by atoms with Gasteiger partial charge in [-0.3, -0.25) is 9.59 Å². The molecule has 1 amide bonds. The number of aryl methyl sites for hydroxylation is 2. The van der Waals surface area contributed by atoms with Gasteiger partial charge in [-0.25, -0.2) is 0 Å². The van der Waals surface area contributed by atoms with Crippen LogP contribution >= 0.6 is 0 Å². The number of nitrogens with zero attached hydrogens (tertiary/aromatic N) is 1. The van der Waals surface area contributed by atoms with Crippen LogP contribution in [0.15, 0.2) is 35.9 Å². The van der Waals surface area contributed by atoms with Gasteiger partial charge in [-0.1, -0.05) is 12.1 Å². The maximum absolute atomic E-state index is 13.2. The minimum atomic E-state index is -0.842. The second-order valence-corrected chi connectivity index (χ2v) is 7.99. The van der Waals surface area contributed by atoms with Crippen molar-refractivity contribution in [2.24, 2.45) is 0 Å². The van der Waals surface area contributed by atoms with Crippen molar-refractivity contribution < 1.29 is 33.6 Å². The fourth-order valence-electron chi connectivity index (χ4n) is 4.32. The number of ketones is 1. The Morgan fingerprint density at radius 3 is 2.38 bits per heavy atom. The topological polar surface area (TPSA) is 94.5 Å². The molecule has 1 atom stereocenters. The Balaban J connectivity index is 2.27. The molecule has 0 aliphatic carbocycles. The minimum absolute atomic E-state index is 0.0179. The van der Waals surface area contributed by atoms with E-state index in [-0.39, 0.29) is 24.5 Å². The zero-order valence-corrected chi connectivity index (χ0v) is 20.4. The lowest BCUT2D eigenvalue weighted by atomic mass is 9.93. The number of benzene rings is 2. The first kappa shape index (κ1) is 25.1. The molecule has 2 aromatic rings. The number of Topliss-reactive ketones (excluding diaryl/α,β-unsaturated/α-hetero) is 1. The lowest BCUT2D eigenvalue weighted by Gasteiger charge is -2.26. The Morgan fingerprint density at radius 1 is 1.03 bits per heavy atom. The van der Waals surface area contributed by atoms with Gasteiger partial charge in [0, 0.05) is 13.7 Å². The van der Waals surface area contributed by atoms with Gasteiger partial charge in [0.05, 0.1) is 44.6 Å². The third-order valence-corrected chi connectivity index (χ3v) is 5.76. The van der Waals surface area contributed by atoms with Crippen LogP contribution in [0.5, 0.6) is 17.2 Å². The second kappa shape index (κ2) is 10.6. The predicted molar refractivity (Wildman–Crippen MR) is 128 cm³/mol. The van der Waals surface area contributed by atoms with Crippen LogP contribution in [0.3, 0.4) is 0 Å². The van der Waals surface area contributed by atoms with E-state index in [1.165, 1.54) is 26.2 Å². The molecule has 3 rings (SSSR count). The monoisotopic (exact) mass is 469 g/mol. The van der Waals surface area contributed by atoms with Crippen LogP contribution in [0.25, 0.3) is 5.76 Å². The summed E-state index contributed by atoms with van der Waals surface area (Å²) in [4.78, 5) is 27.7. The summed E-state index contributed by atoms with van der Waals surface area (Å²) in [6, 6.07) is 8.01. The Hall–Kier alpha value is -3.52. The van der Waals surface area contributed by atoms with Gasteiger partial charge in [-0.2, -0.15) is 0 Å². The number of hydrogen-bond donors (Lipinski definition) is 1. The SMILES string of the molecule is CCOc1ccc(C2/C(=C(\O)c3cc(C)cc(C)c3OC)C(=O)C(=O)N2CCOC)cc1OC. The summed E-state index contributed by atoms with van der Waals surface area (Å²) < 4.78 is 21.8. The molecule has 1 aliphatic heterocycles. The van der Waals surface area contributed by atoms with Gasteiger partial charge in [0.25, 0.3) is 11.7 Å². The highest BCUT2D eigenvalue weighted by atomic mass is 16.5. The maximum Gasteiger partial charge on any atom is 0.295 e. The highest BCUT2D eigenvalue weighted by molar-refractivity contribution is 6.46. The molecule has 1 heterocycles. The first-order valence-electron chi connectivity index (χ1n) is 11.0. The summed E-state index contributed by atoms with van der Waals surface area (Å²) in [6.07, 6.45) is 0. The molecule has 0 bridgehead atoms. The molecule has 1 aliphatic rings. The standard InChI is InChI=1S/C26H31NO7/c1-7-34-19-9-8-17(14-20(19)32-5)22-21(24(29)26(30)27(22)10-11-31-4)23(28)18-13-15(2)12-16(3)25(18)33-6/h8-9,12-14,22,28H,7,10-11H2,1-6H3/b23-21+. The number of methoxy groups -OCH3 is 3. The number of amides is 1. The summed E-state index contributed by atoms with van der Waals surface area (Å²) in [5, 5.41) is 11.4. The Labute approximate surface area is 199 Å². The van der Waals surface area contributed by atoms with Crippen LogP contribution in [0.1, 0.15) is 35.2 Å². The third-order valence-electron chi connectivity index (χ3n) is 5.76. The molecule has 8 heteroatoms. The van der Waals surface area contributed by atoms with E-state index in [0.717, 1.165) is 11.1 Å². The molecule has 0 radical (unpaired) electrons. The van der Waals surface area contributed by atoms with Gasteiger partial charge in [-0.05, 0) is 55.7 Å². The van der Waals surface area contributed by atoms with Crippen molar-refractivity contribution in [3.05, 3.63) is 58.2 Å². The quantitative estimate of drug-likeness (QED) is 0.339. The zero-order valence-electron chi connectivity index (χ0n) is 20.4. The summed E-state index contributed by atoms with van der Waals surface area (Å²) >= 11 is 0. The van der Waals surface area contributed by atoms with Crippen molar-refractivity contribution in [2.75, 3.05) is 41.1 Å². The summed E-state index contributed by atoms with van der Waals surface area (Å²) in [6.45, 7) is 6.45. The number of ether oxygens (including phenoxy) is 4. The van der Waals surface area contributed by atoms with E-state index in [1.807, 2.05) is 26.8 Å². The van der Waals surface area contributed by atoms with E-state index in [0.29, 0.717) is 35.0 Å². The molecule has 182 valence electrons. The summed E-state index contributed by atoms with van der Waals surface area (Å²) in [5.41, 5.74) is 2.62. The molecule has 0 saturated carbocycles. The van der Waals surface area contributed by atoms with Crippen LogP contribution in [0.2, 0.25) is 0 Å². The average molecular weight is 470 g/mol. The number of carbonyl (C=O) groups is 2. The molecular formula is C26H31NO7. The van der Waals surface area contributed by atoms with Gasteiger partial charge in [0.2, 0.25) is 0 Å². The van der Waals surface area contributed by atoms with Crippen molar-refractivity contribution in [3.63, 3.8) is 0 Å². The van der Waals surface area contributed by atoms with Crippen LogP contribution in [-0.4, -0.2) is 62.8 Å². The van der Waals surface area contributed by atoms with E-state index in [9.17, 15) is 14.7 Å². The van der Waals surface area contributed by atoms with Gasteiger partial charge in [0.15, 0.2) is 11.5 Å². The molecule has 34 heavy (non-hydrogen) atoms. The van der Waals surface area contributed by atoms with Crippen molar-refractivity contribution in [3.8, 4) is 17.2 Å². The van der Waals surface area contributed by atoms with E-state index in [4.69, 9.17) is 18.9 Å². The van der Waals surface area contributed by atoms with E-state index >= 15 is 0 Å². The smallest absolute Gasteiger partial charge is 0.295 e. The molecule has 0 aromatic heterocycles. The van der Waals surface area contributed by atoms with Crippen molar-refractivity contribution in [1.29, 1.82) is 0 Å². The van der Waals surface area contributed by atoms with Crippen LogP contribution < -0.4 is 14.2 Å². The van der Waals surface area contributed by atoms with E-state index in [2.05, 4.69) is 0 Å². The molecule has 2 aromatic carbocycles. The molecule has 1 unspecified atom stereocenters. The normalized spacial score (nSPS) is 17.2. The lowest BCUT2D eigenvalue weighted by molar-refractivity contribution is -0.140.